The molecule has 0 atom stereocenters. The van der Waals surface area contributed by atoms with Crippen molar-refractivity contribution in [2.45, 2.75) is 38.1 Å². The molecule has 1 N–H and O–H groups in total. The Hall–Kier alpha value is -1.64. The average Bonchev–Trinajstić information content (AvgIpc) is 2.54. The minimum absolute atomic E-state index is 0.0238. The van der Waals surface area contributed by atoms with Gasteiger partial charge in [0.05, 0.1) is 12.1 Å². The van der Waals surface area contributed by atoms with Gasteiger partial charge in [-0.1, -0.05) is 25.4 Å². The second kappa shape index (κ2) is 8.16. The van der Waals surface area contributed by atoms with Gasteiger partial charge in [-0.05, 0) is 32.0 Å². The van der Waals surface area contributed by atoms with Crippen LogP contribution in [0.4, 0.5) is 0 Å². The van der Waals surface area contributed by atoms with Crippen molar-refractivity contribution in [1.82, 2.24) is 9.62 Å². The van der Waals surface area contributed by atoms with Gasteiger partial charge in [0.1, 0.15) is 10.4 Å². The van der Waals surface area contributed by atoms with E-state index in [0.717, 1.165) is 0 Å². The average molecular weight is 391 g/mol. The van der Waals surface area contributed by atoms with Crippen LogP contribution in [0.3, 0.4) is 0 Å². The Morgan fingerprint density at radius 2 is 1.80 bits per heavy atom. The van der Waals surface area contributed by atoms with Crippen LogP contribution in [0.5, 0.6) is 0 Å². The molecule has 0 saturated carbocycles. The third-order valence-corrected chi connectivity index (χ3v) is 6.17. The monoisotopic (exact) mass is 390 g/mol. The highest BCUT2D eigenvalue weighted by atomic mass is 35.5. The number of carbonyl (C=O) groups excluding carboxylic acids is 2. The van der Waals surface area contributed by atoms with Crippen LogP contribution in [0, 0.1) is 0 Å². The number of hydrogen-bond acceptors (Lipinski definition) is 5. The molecule has 25 heavy (non-hydrogen) atoms. The van der Waals surface area contributed by atoms with Crippen LogP contribution in [0.15, 0.2) is 23.1 Å². The molecule has 1 aromatic rings. The number of nitrogens with one attached hydrogen (secondary N) is 1. The van der Waals surface area contributed by atoms with Crippen LogP contribution in [-0.4, -0.2) is 50.3 Å². The van der Waals surface area contributed by atoms with Crippen LogP contribution < -0.4 is 5.32 Å². The molecular weight excluding hydrogens is 368 g/mol. The molecular formula is C16H23ClN2O5S. The number of sulfonamides is 1. The maximum absolute atomic E-state index is 12.7. The van der Waals surface area contributed by atoms with Crippen molar-refractivity contribution >= 4 is 33.5 Å². The Labute approximate surface area is 153 Å². The molecule has 0 aliphatic carbocycles. The number of benzene rings is 1. The van der Waals surface area contributed by atoms with E-state index >= 15 is 0 Å². The van der Waals surface area contributed by atoms with Gasteiger partial charge < -0.3 is 10.1 Å². The van der Waals surface area contributed by atoms with Crippen molar-refractivity contribution in [2.75, 3.05) is 20.2 Å². The smallest absolute Gasteiger partial charge is 0.330 e. The van der Waals surface area contributed by atoms with E-state index in [2.05, 4.69) is 10.1 Å². The fraction of sp³-hybridized carbons (Fsp3) is 0.500. The summed E-state index contributed by atoms with van der Waals surface area (Å²) in [5.41, 5.74) is -1.18. The molecule has 0 fully saturated rings. The van der Waals surface area contributed by atoms with Gasteiger partial charge in [-0.3, -0.25) is 4.79 Å². The van der Waals surface area contributed by atoms with Gasteiger partial charge in [-0.2, -0.15) is 4.31 Å². The van der Waals surface area contributed by atoms with Crippen LogP contribution in [0.1, 0.15) is 38.1 Å². The number of carbonyl (C=O) groups is 2. The van der Waals surface area contributed by atoms with E-state index in [9.17, 15) is 18.0 Å². The molecule has 0 radical (unpaired) electrons. The lowest BCUT2D eigenvalue weighted by molar-refractivity contribution is -0.146. The molecule has 0 aliphatic heterocycles. The second-order valence-corrected chi connectivity index (χ2v) is 8.12. The van der Waals surface area contributed by atoms with Gasteiger partial charge in [0.2, 0.25) is 10.0 Å². The fourth-order valence-corrected chi connectivity index (χ4v) is 4.17. The molecule has 1 amide bonds. The lowest BCUT2D eigenvalue weighted by Crippen LogP contribution is -2.50. The second-order valence-electron chi connectivity index (χ2n) is 5.81. The highest BCUT2D eigenvalue weighted by Gasteiger charge is 2.32. The summed E-state index contributed by atoms with van der Waals surface area (Å²) < 4.78 is 31.2. The van der Waals surface area contributed by atoms with Crippen molar-refractivity contribution in [3.63, 3.8) is 0 Å². The molecule has 0 heterocycles. The Morgan fingerprint density at radius 3 is 2.28 bits per heavy atom. The van der Waals surface area contributed by atoms with Crippen LogP contribution >= 0.6 is 11.6 Å². The molecule has 0 saturated heterocycles. The summed E-state index contributed by atoms with van der Waals surface area (Å²) >= 11 is 6.04. The maximum Gasteiger partial charge on any atom is 0.330 e. The van der Waals surface area contributed by atoms with Crippen LogP contribution in [0.2, 0.25) is 5.02 Å². The van der Waals surface area contributed by atoms with Crippen LogP contribution in [-0.2, 0) is 19.6 Å². The summed E-state index contributed by atoms with van der Waals surface area (Å²) in [5, 5.41) is 2.54. The number of hydrogen-bond donors (Lipinski definition) is 1. The lowest BCUT2D eigenvalue weighted by Gasteiger charge is -2.23. The number of amides is 1. The quantitative estimate of drug-likeness (QED) is 0.719. The molecule has 140 valence electrons. The van der Waals surface area contributed by atoms with E-state index in [0.29, 0.717) is 0 Å². The zero-order valence-electron chi connectivity index (χ0n) is 14.9. The Kier molecular flexibility index (Phi) is 6.99. The molecule has 1 aromatic carbocycles. The van der Waals surface area contributed by atoms with Gasteiger partial charge in [0.25, 0.3) is 5.91 Å². The van der Waals surface area contributed by atoms with Gasteiger partial charge in [0.15, 0.2) is 0 Å². The third kappa shape index (κ3) is 4.71. The fourth-order valence-electron chi connectivity index (χ4n) is 2.21. The minimum Gasteiger partial charge on any atom is -0.467 e. The molecule has 0 bridgehead atoms. The Balaban J connectivity index is 3.26. The van der Waals surface area contributed by atoms with Gasteiger partial charge >= 0.3 is 5.97 Å². The molecule has 9 heteroatoms. The van der Waals surface area contributed by atoms with E-state index in [1.165, 1.54) is 43.5 Å². The molecule has 7 nitrogen and oxygen atoms in total. The predicted molar refractivity (Wildman–Crippen MR) is 95.1 cm³/mol. The molecule has 0 unspecified atom stereocenters. The summed E-state index contributed by atoms with van der Waals surface area (Å²) in [7, 11) is -2.61. The van der Waals surface area contributed by atoms with Crippen molar-refractivity contribution < 1.29 is 22.7 Å². The normalized spacial score (nSPS) is 12.1. The first kappa shape index (κ1) is 21.4. The SMILES string of the molecule is CCN(CC)S(=O)(=O)c1cc(C(=O)NC(C)(C)C(=O)OC)ccc1Cl. The van der Waals surface area contributed by atoms with E-state index in [-0.39, 0.29) is 28.6 Å². The summed E-state index contributed by atoms with van der Waals surface area (Å²) in [6.45, 7) is 6.96. The number of ether oxygens (including phenoxy) is 1. The van der Waals surface area contributed by atoms with Gasteiger partial charge in [-0.15, -0.1) is 0 Å². The van der Waals surface area contributed by atoms with Crippen molar-refractivity contribution in [3.8, 4) is 0 Å². The molecule has 1 rings (SSSR count). The first-order valence-electron chi connectivity index (χ1n) is 7.71. The highest BCUT2D eigenvalue weighted by molar-refractivity contribution is 7.89. The first-order valence-corrected chi connectivity index (χ1v) is 9.53. The number of halogens is 1. The molecule has 0 spiro atoms. The van der Waals surface area contributed by atoms with Crippen LogP contribution in [0.25, 0.3) is 0 Å². The predicted octanol–water partition coefficient (Wildman–Crippen LogP) is 2.05. The number of esters is 1. The number of nitrogens with zero attached hydrogens (tertiary/aromatic N) is 1. The summed E-state index contributed by atoms with van der Waals surface area (Å²) in [5.74, 6) is -1.23. The zero-order valence-corrected chi connectivity index (χ0v) is 16.5. The Morgan fingerprint density at radius 1 is 1.24 bits per heavy atom. The largest absolute Gasteiger partial charge is 0.467 e. The van der Waals surface area contributed by atoms with E-state index in [4.69, 9.17) is 11.6 Å². The molecule has 0 aromatic heterocycles. The van der Waals surface area contributed by atoms with Crippen molar-refractivity contribution in [1.29, 1.82) is 0 Å². The Bertz CT molecular complexity index is 758. The highest BCUT2D eigenvalue weighted by Crippen LogP contribution is 2.26. The first-order chi connectivity index (χ1) is 11.5. The minimum atomic E-state index is -3.82. The summed E-state index contributed by atoms with van der Waals surface area (Å²) in [6.07, 6.45) is 0. The maximum atomic E-state index is 12.7. The van der Waals surface area contributed by atoms with Gasteiger partial charge in [-0.25, -0.2) is 13.2 Å². The lowest BCUT2D eigenvalue weighted by atomic mass is 10.1. The standard InChI is InChI=1S/C16H23ClN2O5S/c1-6-19(7-2)25(22,23)13-10-11(8-9-12(13)17)14(20)18-16(3,4)15(21)24-5/h8-10H,6-7H2,1-5H3,(H,18,20). The summed E-state index contributed by atoms with van der Waals surface area (Å²) in [4.78, 5) is 23.9. The van der Waals surface area contributed by atoms with Crippen molar-refractivity contribution in [2.24, 2.45) is 0 Å². The van der Waals surface area contributed by atoms with Gasteiger partial charge in [0, 0.05) is 18.7 Å². The molecule has 0 aliphatic rings. The van der Waals surface area contributed by atoms with E-state index in [1.54, 1.807) is 13.8 Å². The number of rotatable bonds is 7. The zero-order chi connectivity index (χ0) is 19.4. The summed E-state index contributed by atoms with van der Waals surface area (Å²) in [6, 6.07) is 3.95. The number of methoxy groups -OCH3 is 1. The van der Waals surface area contributed by atoms with E-state index < -0.39 is 27.4 Å². The third-order valence-electron chi connectivity index (χ3n) is 3.64. The van der Waals surface area contributed by atoms with Crippen molar-refractivity contribution in [3.05, 3.63) is 28.8 Å². The topological polar surface area (TPSA) is 92.8 Å². The van der Waals surface area contributed by atoms with E-state index in [1.807, 2.05) is 0 Å².